The van der Waals surface area contributed by atoms with Gasteiger partial charge in [-0.1, -0.05) is 11.6 Å². The van der Waals surface area contributed by atoms with Crippen molar-refractivity contribution in [1.82, 2.24) is 4.98 Å². The van der Waals surface area contributed by atoms with Gasteiger partial charge in [-0.15, -0.1) is 11.3 Å². The minimum Gasteiger partial charge on any atom is -0.493 e. The van der Waals surface area contributed by atoms with Crippen LogP contribution in [-0.2, 0) is 9.53 Å². The predicted molar refractivity (Wildman–Crippen MR) is 116 cm³/mol. The summed E-state index contributed by atoms with van der Waals surface area (Å²) in [6.07, 6.45) is -1.16. The van der Waals surface area contributed by atoms with Gasteiger partial charge in [0.1, 0.15) is 0 Å². The van der Waals surface area contributed by atoms with Crippen molar-refractivity contribution in [3.05, 3.63) is 57.9 Å². The monoisotopic (exact) mass is 482 g/mol. The summed E-state index contributed by atoms with van der Waals surface area (Å²) in [5.74, 6) is -2.90. The first-order chi connectivity index (χ1) is 15.2. The van der Waals surface area contributed by atoms with Crippen LogP contribution in [0.3, 0.4) is 0 Å². The first kappa shape index (κ1) is 23.4. The molecule has 0 aliphatic rings. The summed E-state index contributed by atoms with van der Waals surface area (Å²) in [5.41, 5.74) is 0.779. The van der Waals surface area contributed by atoms with Gasteiger partial charge in [-0.2, -0.15) is 0 Å². The molecule has 0 radical (unpaired) electrons. The summed E-state index contributed by atoms with van der Waals surface area (Å²) in [7, 11) is 2.80. The highest BCUT2D eigenvalue weighted by molar-refractivity contribution is 7.14. The number of benzene rings is 2. The van der Waals surface area contributed by atoms with E-state index in [0.29, 0.717) is 11.3 Å². The van der Waals surface area contributed by atoms with Crippen LogP contribution in [0.2, 0.25) is 5.02 Å². The Morgan fingerprint density at radius 1 is 1.12 bits per heavy atom. The van der Waals surface area contributed by atoms with Gasteiger partial charge in [0.15, 0.2) is 34.4 Å². The van der Waals surface area contributed by atoms with E-state index >= 15 is 0 Å². The molecule has 11 heteroatoms. The van der Waals surface area contributed by atoms with Crippen LogP contribution in [-0.4, -0.2) is 37.2 Å². The normalized spacial score (nSPS) is 11.6. The van der Waals surface area contributed by atoms with Crippen molar-refractivity contribution in [3.63, 3.8) is 0 Å². The van der Waals surface area contributed by atoms with Gasteiger partial charge in [0, 0.05) is 10.9 Å². The van der Waals surface area contributed by atoms with Gasteiger partial charge < -0.3 is 14.2 Å². The molecule has 0 aliphatic carbocycles. The summed E-state index contributed by atoms with van der Waals surface area (Å²) in [6, 6.07) is 6.09. The first-order valence-corrected chi connectivity index (χ1v) is 10.3. The summed E-state index contributed by atoms with van der Waals surface area (Å²) in [5, 5.41) is 4.44. The maximum Gasteiger partial charge on any atom is 0.339 e. The summed E-state index contributed by atoms with van der Waals surface area (Å²) in [6.45, 7) is 1.39. The molecule has 0 spiro atoms. The summed E-state index contributed by atoms with van der Waals surface area (Å²) >= 11 is 7.17. The van der Waals surface area contributed by atoms with Crippen molar-refractivity contribution in [3.8, 4) is 22.8 Å². The van der Waals surface area contributed by atoms with Crippen molar-refractivity contribution < 1.29 is 32.6 Å². The molecule has 1 N–H and O–H groups in total. The minimum atomic E-state index is -1.16. The number of hydrogen-bond donors (Lipinski definition) is 1. The highest BCUT2D eigenvalue weighted by Crippen LogP contribution is 2.36. The summed E-state index contributed by atoms with van der Waals surface area (Å²) in [4.78, 5) is 29.0. The molecule has 1 atom stereocenters. The molecule has 3 aromatic rings. The lowest BCUT2D eigenvalue weighted by Crippen LogP contribution is -2.30. The molecule has 1 aromatic heterocycles. The molecular weight excluding hydrogens is 466 g/mol. The number of nitrogens with one attached hydrogen (secondary N) is 1. The lowest BCUT2D eigenvalue weighted by molar-refractivity contribution is -0.123. The lowest BCUT2D eigenvalue weighted by atomic mass is 10.2. The topological polar surface area (TPSA) is 86.8 Å². The number of esters is 1. The van der Waals surface area contributed by atoms with E-state index < -0.39 is 29.6 Å². The molecule has 0 saturated heterocycles. The number of methoxy groups -OCH3 is 2. The number of rotatable bonds is 7. The van der Waals surface area contributed by atoms with E-state index in [4.69, 9.17) is 25.8 Å². The number of nitrogens with zero attached hydrogens (tertiary/aromatic N) is 1. The molecule has 168 valence electrons. The van der Waals surface area contributed by atoms with E-state index in [1.54, 1.807) is 5.38 Å². The Labute approximate surface area is 190 Å². The fraction of sp³-hybridized carbons (Fsp3) is 0.190. The van der Waals surface area contributed by atoms with E-state index in [0.717, 1.165) is 23.5 Å². The average Bonchev–Trinajstić information content (AvgIpc) is 3.23. The van der Waals surface area contributed by atoms with Gasteiger partial charge >= 0.3 is 5.97 Å². The highest BCUT2D eigenvalue weighted by Gasteiger charge is 2.22. The fourth-order valence-electron chi connectivity index (χ4n) is 2.64. The fourth-order valence-corrected chi connectivity index (χ4v) is 3.65. The van der Waals surface area contributed by atoms with E-state index in [9.17, 15) is 18.4 Å². The Balaban J connectivity index is 1.66. The number of carbonyl (C=O) groups is 2. The third-order valence-corrected chi connectivity index (χ3v) is 5.31. The van der Waals surface area contributed by atoms with Gasteiger partial charge in [-0.25, -0.2) is 18.6 Å². The number of carbonyl (C=O) groups excluding carboxylic acids is 2. The van der Waals surface area contributed by atoms with Crippen LogP contribution in [0.1, 0.15) is 17.3 Å². The third-order valence-electron chi connectivity index (χ3n) is 4.27. The lowest BCUT2D eigenvalue weighted by Gasteiger charge is -2.14. The zero-order chi connectivity index (χ0) is 23.4. The van der Waals surface area contributed by atoms with E-state index in [1.807, 2.05) is 0 Å². The number of ether oxygens (including phenoxy) is 3. The van der Waals surface area contributed by atoms with Crippen molar-refractivity contribution in [2.75, 3.05) is 19.5 Å². The van der Waals surface area contributed by atoms with Crippen LogP contribution in [0.4, 0.5) is 13.9 Å². The van der Waals surface area contributed by atoms with Gasteiger partial charge in [0.2, 0.25) is 0 Å². The number of aromatic nitrogens is 1. The molecule has 32 heavy (non-hydrogen) atoms. The highest BCUT2D eigenvalue weighted by atomic mass is 35.5. The van der Waals surface area contributed by atoms with E-state index in [1.165, 1.54) is 39.3 Å². The van der Waals surface area contributed by atoms with Crippen LogP contribution >= 0.6 is 22.9 Å². The molecule has 0 saturated carbocycles. The molecule has 7 nitrogen and oxygen atoms in total. The zero-order valence-electron chi connectivity index (χ0n) is 17.1. The van der Waals surface area contributed by atoms with Crippen LogP contribution in [0.15, 0.2) is 35.7 Å². The number of amides is 1. The molecule has 0 unspecified atom stereocenters. The maximum atomic E-state index is 13.4. The first-order valence-electron chi connectivity index (χ1n) is 9.07. The third kappa shape index (κ3) is 5.14. The Kier molecular flexibility index (Phi) is 7.26. The van der Waals surface area contributed by atoms with Crippen molar-refractivity contribution >= 4 is 39.9 Å². The van der Waals surface area contributed by atoms with E-state index in [2.05, 4.69) is 10.3 Å². The number of hydrogen-bond acceptors (Lipinski definition) is 7. The smallest absolute Gasteiger partial charge is 0.339 e. The van der Waals surface area contributed by atoms with Crippen molar-refractivity contribution in [1.29, 1.82) is 0 Å². The molecule has 0 fully saturated rings. The molecule has 0 bridgehead atoms. The zero-order valence-corrected chi connectivity index (χ0v) is 18.6. The Morgan fingerprint density at radius 3 is 2.53 bits per heavy atom. The van der Waals surface area contributed by atoms with Crippen LogP contribution in [0, 0.1) is 11.6 Å². The molecule has 3 rings (SSSR count). The van der Waals surface area contributed by atoms with E-state index in [-0.39, 0.29) is 27.2 Å². The number of halogens is 3. The minimum absolute atomic E-state index is 0.0715. The second-order valence-electron chi connectivity index (χ2n) is 6.40. The SMILES string of the molecule is COc1cc(C(=O)O[C@H](C)C(=O)Nc2nc(-c3ccc(F)c(F)c3)cs2)cc(Cl)c1OC. The Morgan fingerprint density at radius 2 is 1.88 bits per heavy atom. The molecular formula is C21H17ClF2N2O5S. The van der Waals surface area contributed by atoms with Crippen LogP contribution in [0.5, 0.6) is 11.5 Å². The van der Waals surface area contributed by atoms with Gasteiger partial charge in [-0.3, -0.25) is 10.1 Å². The number of thiazole rings is 1. The van der Waals surface area contributed by atoms with Gasteiger partial charge in [0.25, 0.3) is 5.91 Å². The number of anilines is 1. The Hall–Kier alpha value is -3.24. The summed E-state index contributed by atoms with van der Waals surface area (Å²) < 4.78 is 42.0. The quantitative estimate of drug-likeness (QED) is 0.480. The second-order valence-corrected chi connectivity index (χ2v) is 7.66. The molecule has 0 aliphatic heterocycles. The van der Waals surface area contributed by atoms with Crippen molar-refractivity contribution in [2.45, 2.75) is 13.0 Å². The van der Waals surface area contributed by atoms with Gasteiger partial charge in [0.05, 0.1) is 30.5 Å². The van der Waals surface area contributed by atoms with Crippen LogP contribution in [0.25, 0.3) is 11.3 Å². The molecule has 1 amide bonds. The Bertz CT molecular complexity index is 1170. The predicted octanol–water partition coefficient (Wildman–Crippen LogP) is 4.94. The van der Waals surface area contributed by atoms with Crippen LogP contribution < -0.4 is 14.8 Å². The van der Waals surface area contributed by atoms with Crippen molar-refractivity contribution in [2.24, 2.45) is 0 Å². The standard InChI is InChI=1S/C21H17ClF2N2O5S/c1-10(31-20(28)12-6-13(22)18(30-3)17(8-12)29-2)19(27)26-21-25-16(9-32-21)11-4-5-14(23)15(24)7-11/h4-10H,1-3H3,(H,25,26,27)/t10-/m1/s1. The maximum absolute atomic E-state index is 13.4. The largest absolute Gasteiger partial charge is 0.493 e. The average molecular weight is 483 g/mol. The van der Waals surface area contributed by atoms with Gasteiger partial charge in [-0.05, 0) is 37.3 Å². The molecule has 1 heterocycles. The second kappa shape index (κ2) is 9.92. The molecule has 2 aromatic carbocycles.